The lowest BCUT2D eigenvalue weighted by molar-refractivity contribution is -0.132. The predicted octanol–water partition coefficient (Wildman–Crippen LogP) is 1.46. The van der Waals surface area contributed by atoms with Crippen LogP contribution in [0.1, 0.15) is 5.56 Å². The molecule has 0 atom stereocenters. The standard InChI is InChI=1S/C20H24FN3O4S/c1-28-18-6-8-19(9-7-18)29(26,27)24(14-16-2-4-17(21)5-3-16)15-20(25)23-12-10-22-11-13-23/h2-9,22H,10-15H2,1H3. The first-order valence-corrected chi connectivity index (χ1v) is 10.7. The quantitative estimate of drug-likeness (QED) is 0.732. The molecule has 0 aromatic heterocycles. The molecule has 7 nitrogen and oxygen atoms in total. The van der Waals surface area contributed by atoms with Crippen LogP contribution in [0.2, 0.25) is 0 Å². The van der Waals surface area contributed by atoms with Crippen molar-refractivity contribution < 1.29 is 22.3 Å². The molecule has 29 heavy (non-hydrogen) atoms. The number of hydrogen-bond acceptors (Lipinski definition) is 5. The van der Waals surface area contributed by atoms with Gasteiger partial charge in [0.25, 0.3) is 0 Å². The van der Waals surface area contributed by atoms with E-state index >= 15 is 0 Å². The molecule has 1 aliphatic rings. The molecular weight excluding hydrogens is 397 g/mol. The van der Waals surface area contributed by atoms with E-state index in [1.54, 1.807) is 17.0 Å². The van der Waals surface area contributed by atoms with Gasteiger partial charge in [0, 0.05) is 32.7 Å². The number of piperazine rings is 1. The van der Waals surface area contributed by atoms with Gasteiger partial charge in [0.1, 0.15) is 11.6 Å². The van der Waals surface area contributed by atoms with E-state index in [1.807, 2.05) is 0 Å². The maximum Gasteiger partial charge on any atom is 0.243 e. The van der Waals surface area contributed by atoms with Gasteiger partial charge in [-0.3, -0.25) is 4.79 Å². The van der Waals surface area contributed by atoms with E-state index in [0.717, 1.165) is 4.31 Å². The molecule has 1 aliphatic heterocycles. The van der Waals surface area contributed by atoms with Crippen LogP contribution in [0.5, 0.6) is 5.75 Å². The van der Waals surface area contributed by atoms with E-state index in [9.17, 15) is 17.6 Å². The minimum absolute atomic E-state index is 0.0352. The molecule has 0 unspecified atom stereocenters. The number of benzene rings is 2. The summed E-state index contributed by atoms with van der Waals surface area (Å²) in [5, 5.41) is 3.16. The van der Waals surface area contributed by atoms with E-state index in [1.165, 1.54) is 43.5 Å². The number of ether oxygens (including phenoxy) is 1. The zero-order valence-electron chi connectivity index (χ0n) is 16.2. The molecule has 9 heteroatoms. The Kier molecular flexibility index (Phi) is 6.83. The van der Waals surface area contributed by atoms with Gasteiger partial charge in [-0.2, -0.15) is 4.31 Å². The van der Waals surface area contributed by atoms with Crippen LogP contribution in [0, 0.1) is 5.82 Å². The highest BCUT2D eigenvalue weighted by atomic mass is 32.2. The molecule has 2 aromatic rings. The van der Waals surface area contributed by atoms with Crippen molar-refractivity contribution in [3.63, 3.8) is 0 Å². The number of rotatable bonds is 7. The SMILES string of the molecule is COc1ccc(S(=O)(=O)N(CC(=O)N2CCNCC2)Cc2ccc(F)cc2)cc1. The van der Waals surface area contributed by atoms with E-state index < -0.39 is 15.8 Å². The fraction of sp³-hybridized carbons (Fsp3) is 0.350. The summed E-state index contributed by atoms with van der Waals surface area (Å²) in [5.74, 6) is -0.133. The molecule has 156 valence electrons. The van der Waals surface area contributed by atoms with E-state index in [2.05, 4.69) is 5.32 Å². The van der Waals surface area contributed by atoms with Crippen molar-refractivity contribution in [1.82, 2.24) is 14.5 Å². The third-order valence-corrected chi connectivity index (χ3v) is 6.56. The number of hydrogen-bond donors (Lipinski definition) is 1. The second-order valence-electron chi connectivity index (χ2n) is 6.71. The number of carbonyl (C=O) groups is 1. The normalized spacial score (nSPS) is 14.8. The summed E-state index contributed by atoms with van der Waals surface area (Å²) < 4.78 is 45.9. The summed E-state index contributed by atoms with van der Waals surface area (Å²) >= 11 is 0. The number of amides is 1. The minimum Gasteiger partial charge on any atom is -0.497 e. The second-order valence-corrected chi connectivity index (χ2v) is 8.64. The van der Waals surface area contributed by atoms with Crippen molar-refractivity contribution in [2.45, 2.75) is 11.4 Å². The van der Waals surface area contributed by atoms with Crippen molar-refractivity contribution >= 4 is 15.9 Å². The average Bonchev–Trinajstić information content (AvgIpc) is 2.75. The van der Waals surface area contributed by atoms with Gasteiger partial charge in [-0.15, -0.1) is 0 Å². The maximum atomic E-state index is 13.2. The lowest BCUT2D eigenvalue weighted by Crippen LogP contribution is -2.50. The van der Waals surface area contributed by atoms with Crippen molar-refractivity contribution in [2.75, 3.05) is 39.8 Å². The highest BCUT2D eigenvalue weighted by Crippen LogP contribution is 2.21. The number of sulfonamides is 1. The number of nitrogens with zero attached hydrogens (tertiary/aromatic N) is 2. The molecule has 0 aliphatic carbocycles. The van der Waals surface area contributed by atoms with Crippen LogP contribution in [-0.4, -0.2) is 63.4 Å². The van der Waals surface area contributed by atoms with E-state index in [0.29, 0.717) is 37.5 Å². The largest absolute Gasteiger partial charge is 0.497 e. The van der Waals surface area contributed by atoms with Crippen LogP contribution in [-0.2, 0) is 21.4 Å². The van der Waals surface area contributed by atoms with Crippen LogP contribution >= 0.6 is 0 Å². The maximum absolute atomic E-state index is 13.2. The molecule has 0 spiro atoms. The van der Waals surface area contributed by atoms with Gasteiger partial charge < -0.3 is 15.0 Å². The third kappa shape index (κ3) is 5.31. The molecule has 1 amide bonds. The Labute approximate surface area is 170 Å². The van der Waals surface area contributed by atoms with Gasteiger partial charge >= 0.3 is 0 Å². The molecule has 0 radical (unpaired) electrons. The summed E-state index contributed by atoms with van der Waals surface area (Å²) in [6.07, 6.45) is 0. The van der Waals surface area contributed by atoms with Gasteiger partial charge in [-0.25, -0.2) is 12.8 Å². The van der Waals surface area contributed by atoms with Gasteiger partial charge in [0.2, 0.25) is 15.9 Å². The van der Waals surface area contributed by atoms with Crippen LogP contribution in [0.15, 0.2) is 53.4 Å². The summed E-state index contributed by atoms with van der Waals surface area (Å²) in [6, 6.07) is 11.6. The molecule has 1 saturated heterocycles. The Bertz CT molecular complexity index is 927. The van der Waals surface area contributed by atoms with Crippen molar-refractivity contribution in [1.29, 1.82) is 0 Å². The topological polar surface area (TPSA) is 79.0 Å². The van der Waals surface area contributed by atoms with E-state index in [4.69, 9.17) is 4.74 Å². The first-order valence-electron chi connectivity index (χ1n) is 9.27. The van der Waals surface area contributed by atoms with Gasteiger partial charge in [0.15, 0.2) is 0 Å². The third-order valence-electron chi connectivity index (χ3n) is 4.75. The highest BCUT2D eigenvalue weighted by molar-refractivity contribution is 7.89. The number of halogens is 1. The summed E-state index contributed by atoms with van der Waals surface area (Å²) in [4.78, 5) is 14.5. The molecule has 2 aromatic carbocycles. The fourth-order valence-corrected chi connectivity index (χ4v) is 4.46. The average molecular weight is 421 g/mol. The number of nitrogens with one attached hydrogen (secondary N) is 1. The van der Waals surface area contributed by atoms with Crippen LogP contribution in [0.25, 0.3) is 0 Å². The smallest absolute Gasteiger partial charge is 0.243 e. The molecule has 1 heterocycles. The zero-order chi connectivity index (χ0) is 20.9. The first kappa shape index (κ1) is 21.2. The molecule has 1 N–H and O–H groups in total. The number of methoxy groups -OCH3 is 1. The Morgan fingerprint density at radius 3 is 2.31 bits per heavy atom. The minimum atomic E-state index is -3.95. The molecule has 0 bridgehead atoms. The predicted molar refractivity (Wildman–Crippen MR) is 106 cm³/mol. The molecule has 1 fully saturated rings. The van der Waals surface area contributed by atoms with Crippen LogP contribution in [0.3, 0.4) is 0 Å². The summed E-state index contributed by atoms with van der Waals surface area (Å²) in [7, 11) is -2.45. The zero-order valence-corrected chi connectivity index (χ0v) is 17.0. The van der Waals surface area contributed by atoms with Gasteiger partial charge in [-0.1, -0.05) is 12.1 Å². The Morgan fingerprint density at radius 1 is 1.10 bits per heavy atom. The lowest BCUT2D eigenvalue weighted by Gasteiger charge is -2.30. The summed E-state index contributed by atoms with van der Waals surface area (Å²) in [6.45, 7) is 2.10. The molecular formula is C20H24FN3O4S. The summed E-state index contributed by atoms with van der Waals surface area (Å²) in [5.41, 5.74) is 0.594. The lowest BCUT2D eigenvalue weighted by atomic mass is 10.2. The van der Waals surface area contributed by atoms with Crippen LogP contribution in [0.4, 0.5) is 4.39 Å². The highest BCUT2D eigenvalue weighted by Gasteiger charge is 2.29. The molecule has 3 rings (SSSR count). The fourth-order valence-electron chi connectivity index (χ4n) is 3.08. The van der Waals surface area contributed by atoms with Crippen molar-refractivity contribution in [3.8, 4) is 5.75 Å². The Hall–Kier alpha value is -2.49. The van der Waals surface area contributed by atoms with Crippen molar-refractivity contribution in [3.05, 3.63) is 59.9 Å². The van der Waals surface area contributed by atoms with Crippen molar-refractivity contribution in [2.24, 2.45) is 0 Å². The number of carbonyl (C=O) groups excluding carboxylic acids is 1. The second kappa shape index (κ2) is 9.34. The van der Waals surface area contributed by atoms with E-state index in [-0.39, 0.29) is 23.9 Å². The van der Waals surface area contributed by atoms with Crippen LogP contribution < -0.4 is 10.1 Å². The van der Waals surface area contributed by atoms with Gasteiger partial charge in [0.05, 0.1) is 18.6 Å². The molecule has 0 saturated carbocycles. The first-order chi connectivity index (χ1) is 13.9. The Balaban J connectivity index is 1.87. The monoisotopic (exact) mass is 421 g/mol. The Morgan fingerprint density at radius 2 is 1.72 bits per heavy atom. The van der Waals surface area contributed by atoms with Gasteiger partial charge in [-0.05, 0) is 42.0 Å².